The minimum atomic E-state index is 0.473. The fourth-order valence-corrected chi connectivity index (χ4v) is 1.58. The van der Waals surface area contributed by atoms with Crippen molar-refractivity contribution in [2.24, 2.45) is 0 Å². The maximum absolute atomic E-state index is 5.14. The van der Waals surface area contributed by atoms with Crippen LogP contribution >= 0.6 is 24.8 Å². The van der Waals surface area contributed by atoms with E-state index in [1.807, 2.05) is 37.3 Å². The minimum Gasteiger partial charge on any atom is -0.484 e. The molecule has 3 heteroatoms. The van der Waals surface area contributed by atoms with E-state index < -0.39 is 0 Å². The van der Waals surface area contributed by atoms with E-state index >= 15 is 0 Å². The summed E-state index contributed by atoms with van der Waals surface area (Å²) in [5, 5.41) is 0.473. The van der Waals surface area contributed by atoms with Gasteiger partial charge in [-0.05, 0) is 24.7 Å². The van der Waals surface area contributed by atoms with Crippen LogP contribution in [0.3, 0.4) is 0 Å². The van der Waals surface area contributed by atoms with Gasteiger partial charge in [-0.15, -0.1) is 12.6 Å². The fourth-order valence-electron chi connectivity index (χ4n) is 0.988. The normalized spacial score (nSPS) is 11.1. The van der Waals surface area contributed by atoms with Crippen molar-refractivity contribution in [2.75, 3.05) is 6.61 Å². The predicted octanol–water partition coefficient (Wildman–Crippen LogP) is 3.32. The Morgan fingerprint density at radius 3 is 2.64 bits per heavy atom. The molecule has 0 N–H and O–H groups in total. The number of hydrogen-bond donors (Lipinski definition) is 1. The molecule has 0 radical (unpaired) electrons. The second-order valence-corrected chi connectivity index (χ2v) is 3.53. The molecule has 14 heavy (non-hydrogen) atoms. The molecule has 1 nitrogen and oxygen atoms in total. The zero-order chi connectivity index (χ0) is 10.4. The van der Waals surface area contributed by atoms with Crippen LogP contribution in [0, 0.1) is 0 Å². The molecule has 0 fully saturated rings. The van der Waals surface area contributed by atoms with E-state index in [4.69, 9.17) is 17.0 Å². The molecular weight excluding hydrogens is 212 g/mol. The van der Waals surface area contributed by atoms with Gasteiger partial charge in [0.25, 0.3) is 0 Å². The summed E-state index contributed by atoms with van der Waals surface area (Å²) >= 11 is 9.33. The van der Waals surface area contributed by atoms with E-state index in [0.717, 1.165) is 10.5 Å². The first-order valence-electron chi connectivity index (χ1n) is 4.37. The van der Waals surface area contributed by atoms with Crippen LogP contribution in [0.4, 0.5) is 0 Å². The fraction of sp³-hybridized carbons (Fsp3) is 0.182. The van der Waals surface area contributed by atoms with Crippen LogP contribution in [0.25, 0.3) is 4.91 Å². The molecule has 0 atom stereocenters. The highest BCUT2D eigenvalue weighted by molar-refractivity contribution is 7.90. The molecule has 1 aromatic rings. The van der Waals surface area contributed by atoms with Crippen LogP contribution in [-0.2, 0) is 4.74 Å². The number of rotatable bonds is 3. The van der Waals surface area contributed by atoms with Gasteiger partial charge < -0.3 is 4.74 Å². The van der Waals surface area contributed by atoms with Crippen molar-refractivity contribution in [3.05, 3.63) is 42.0 Å². The molecular formula is C11H12OS2. The third-order valence-corrected chi connectivity index (χ3v) is 2.23. The van der Waals surface area contributed by atoms with Gasteiger partial charge in [0.05, 0.1) is 6.61 Å². The molecule has 1 rings (SSSR count). The topological polar surface area (TPSA) is 9.23 Å². The van der Waals surface area contributed by atoms with Gasteiger partial charge in [-0.2, -0.15) is 0 Å². The largest absolute Gasteiger partial charge is 0.484 e. The van der Waals surface area contributed by atoms with Crippen LogP contribution in [0.15, 0.2) is 36.4 Å². The molecule has 0 spiro atoms. The summed E-state index contributed by atoms with van der Waals surface area (Å²) in [7, 11) is 0. The van der Waals surface area contributed by atoms with Crippen molar-refractivity contribution >= 4 is 34.8 Å². The Labute approximate surface area is 95.2 Å². The first-order chi connectivity index (χ1) is 6.74. The molecule has 1 aromatic carbocycles. The lowest BCUT2D eigenvalue weighted by Crippen LogP contribution is -1.96. The van der Waals surface area contributed by atoms with E-state index in [0.29, 0.717) is 11.7 Å². The van der Waals surface area contributed by atoms with Crippen LogP contribution in [0.5, 0.6) is 0 Å². The SMILES string of the molecule is CCOC(=S)C=C(S)c1ccccc1. The maximum Gasteiger partial charge on any atom is 0.184 e. The first-order valence-corrected chi connectivity index (χ1v) is 5.22. The van der Waals surface area contributed by atoms with E-state index in [1.165, 1.54) is 0 Å². The van der Waals surface area contributed by atoms with E-state index in [-0.39, 0.29) is 0 Å². The van der Waals surface area contributed by atoms with Gasteiger partial charge in [0.2, 0.25) is 0 Å². The van der Waals surface area contributed by atoms with Gasteiger partial charge in [0.1, 0.15) is 0 Å². The zero-order valence-corrected chi connectivity index (χ0v) is 9.65. The Hall–Kier alpha value is -0.800. The van der Waals surface area contributed by atoms with Gasteiger partial charge in [-0.3, -0.25) is 0 Å². The quantitative estimate of drug-likeness (QED) is 0.479. The number of benzene rings is 1. The highest BCUT2D eigenvalue weighted by atomic mass is 32.1. The van der Waals surface area contributed by atoms with E-state index in [2.05, 4.69) is 12.6 Å². The summed E-state index contributed by atoms with van der Waals surface area (Å²) in [6, 6.07) is 9.85. The molecule has 0 saturated heterocycles. The lowest BCUT2D eigenvalue weighted by Gasteiger charge is -2.02. The smallest absolute Gasteiger partial charge is 0.184 e. The lowest BCUT2D eigenvalue weighted by atomic mass is 10.2. The van der Waals surface area contributed by atoms with Gasteiger partial charge >= 0.3 is 0 Å². The van der Waals surface area contributed by atoms with Crippen molar-refractivity contribution < 1.29 is 4.74 Å². The molecule has 0 bridgehead atoms. The Balaban J connectivity index is 2.75. The Kier molecular flexibility index (Phi) is 4.70. The molecule has 0 aliphatic carbocycles. The molecule has 0 aromatic heterocycles. The lowest BCUT2D eigenvalue weighted by molar-refractivity contribution is 0.339. The average molecular weight is 224 g/mol. The van der Waals surface area contributed by atoms with Gasteiger partial charge in [-0.25, -0.2) is 0 Å². The Bertz CT molecular complexity index is 330. The number of thiol groups is 1. The molecule has 74 valence electrons. The zero-order valence-electron chi connectivity index (χ0n) is 7.93. The number of thiocarbonyl (C=S) groups is 1. The minimum absolute atomic E-state index is 0.473. The third-order valence-electron chi connectivity index (χ3n) is 1.61. The van der Waals surface area contributed by atoms with Crippen LogP contribution < -0.4 is 0 Å². The second kappa shape index (κ2) is 5.83. The molecule has 0 amide bonds. The summed E-state index contributed by atoms with van der Waals surface area (Å²) in [4.78, 5) is 0.823. The van der Waals surface area contributed by atoms with Crippen molar-refractivity contribution in [1.29, 1.82) is 0 Å². The van der Waals surface area contributed by atoms with Gasteiger partial charge in [0.15, 0.2) is 5.05 Å². The van der Waals surface area contributed by atoms with Crippen LogP contribution in [-0.4, -0.2) is 11.7 Å². The maximum atomic E-state index is 5.14. The number of ether oxygens (including phenoxy) is 1. The summed E-state index contributed by atoms with van der Waals surface area (Å²) in [5.74, 6) is 0. The van der Waals surface area contributed by atoms with Crippen molar-refractivity contribution in [3.8, 4) is 0 Å². The van der Waals surface area contributed by atoms with Crippen molar-refractivity contribution in [1.82, 2.24) is 0 Å². The Morgan fingerprint density at radius 2 is 2.07 bits per heavy atom. The van der Waals surface area contributed by atoms with Crippen LogP contribution in [0.1, 0.15) is 12.5 Å². The van der Waals surface area contributed by atoms with E-state index in [9.17, 15) is 0 Å². The molecule has 0 unspecified atom stereocenters. The Morgan fingerprint density at radius 1 is 1.43 bits per heavy atom. The monoisotopic (exact) mass is 224 g/mol. The summed E-state index contributed by atoms with van der Waals surface area (Å²) < 4.78 is 5.14. The molecule has 0 saturated carbocycles. The molecule has 0 aliphatic rings. The van der Waals surface area contributed by atoms with Crippen LogP contribution in [0.2, 0.25) is 0 Å². The predicted molar refractivity (Wildman–Crippen MR) is 67.6 cm³/mol. The van der Waals surface area contributed by atoms with Gasteiger partial charge in [-0.1, -0.05) is 30.3 Å². The van der Waals surface area contributed by atoms with Crippen molar-refractivity contribution in [3.63, 3.8) is 0 Å². The highest BCUT2D eigenvalue weighted by Gasteiger charge is 1.97. The number of hydrogen-bond acceptors (Lipinski definition) is 3. The summed E-state index contributed by atoms with van der Waals surface area (Å²) in [5.41, 5.74) is 1.04. The molecule has 0 heterocycles. The average Bonchev–Trinajstić information content (AvgIpc) is 2.19. The first kappa shape index (κ1) is 11.3. The standard InChI is InChI=1S/C11H12OS2/c1-2-12-11(14)8-10(13)9-6-4-3-5-7-9/h3-8,13H,2H2,1H3. The summed E-state index contributed by atoms with van der Waals surface area (Å²) in [6.45, 7) is 2.49. The third kappa shape index (κ3) is 3.52. The van der Waals surface area contributed by atoms with E-state index in [1.54, 1.807) is 6.08 Å². The second-order valence-electron chi connectivity index (χ2n) is 2.65. The molecule has 0 aliphatic heterocycles. The summed E-state index contributed by atoms with van der Waals surface area (Å²) in [6.07, 6.45) is 1.75. The van der Waals surface area contributed by atoms with Crippen molar-refractivity contribution in [2.45, 2.75) is 6.92 Å². The highest BCUT2D eigenvalue weighted by Crippen LogP contribution is 2.17. The van der Waals surface area contributed by atoms with Gasteiger partial charge in [0, 0.05) is 11.0 Å².